The van der Waals surface area contributed by atoms with Crippen LogP contribution in [0, 0.1) is 26.1 Å². The van der Waals surface area contributed by atoms with Crippen LogP contribution < -0.4 is 0 Å². The van der Waals surface area contributed by atoms with Crippen molar-refractivity contribution in [2.75, 3.05) is 0 Å². The Hall–Kier alpha value is -2.31. The molecule has 20 heavy (non-hydrogen) atoms. The first kappa shape index (κ1) is 17.7. The summed E-state index contributed by atoms with van der Waals surface area (Å²) in [5.74, 6) is -0.657. The van der Waals surface area contributed by atoms with Crippen LogP contribution in [0.3, 0.4) is 0 Å². The van der Waals surface area contributed by atoms with Gasteiger partial charge in [0.25, 0.3) is 11.4 Å². The summed E-state index contributed by atoms with van der Waals surface area (Å²) in [4.78, 5) is 31.7. The highest BCUT2D eigenvalue weighted by Crippen LogP contribution is 2.24. The Kier molecular flexibility index (Phi) is 7.06. The average Bonchev–Trinajstić information content (AvgIpc) is 2.47. The third-order valence-corrected chi connectivity index (χ3v) is 2.67. The van der Waals surface area contributed by atoms with E-state index in [1.165, 1.54) is 0 Å². The number of hydrogen-bond acceptors (Lipinski definition) is 5. The number of non-ortho nitro benzene ring substituents is 2. The third-order valence-electron chi connectivity index (χ3n) is 2.67. The van der Waals surface area contributed by atoms with Crippen LogP contribution in [-0.2, 0) is 0 Å². The third kappa shape index (κ3) is 4.42. The maximum Gasteiger partial charge on any atom is 0.277 e. The van der Waals surface area contributed by atoms with Crippen molar-refractivity contribution < 1.29 is 14.6 Å². The number of carbonyl (C=O) groups is 1. The largest absolute Gasteiger partial charge is 0.294 e. The van der Waals surface area contributed by atoms with Gasteiger partial charge in [-0.25, -0.2) is 0 Å². The van der Waals surface area contributed by atoms with Crippen molar-refractivity contribution in [3.63, 3.8) is 0 Å². The maximum atomic E-state index is 11.9. The maximum absolute atomic E-state index is 11.9. The van der Waals surface area contributed by atoms with Crippen molar-refractivity contribution in [2.45, 2.75) is 34.1 Å². The second kappa shape index (κ2) is 7.98. The predicted octanol–water partition coefficient (Wildman–Crippen LogP) is 3.76. The first-order chi connectivity index (χ1) is 9.36. The fourth-order valence-electron chi connectivity index (χ4n) is 1.42. The number of Topliss-reactive ketones (excluding diaryl/α,β-unsaturated/α-hetero) is 1. The van der Waals surface area contributed by atoms with E-state index in [1.807, 2.05) is 13.8 Å². The molecule has 1 atom stereocenters. The zero-order valence-corrected chi connectivity index (χ0v) is 12.0. The summed E-state index contributed by atoms with van der Waals surface area (Å²) in [5.41, 5.74) is -0.892. The van der Waals surface area contributed by atoms with Crippen LogP contribution in [0.2, 0.25) is 0 Å². The van der Waals surface area contributed by atoms with Gasteiger partial charge in [-0.1, -0.05) is 27.7 Å². The fraction of sp³-hybridized carbons (Fsp3) is 0.462. The number of ketones is 1. The number of rotatable bonds is 5. The van der Waals surface area contributed by atoms with Crippen LogP contribution >= 0.6 is 0 Å². The Labute approximate surface area is 116 Å². The minimum atomic E-state index is -0.750. The van der Waals surface area contributed by atoms with Crippen molar-refractivity contribution in [1.82, 2.24) is 0 Å². The fourth-order valence-corrected chi connectivity index (χ4v) is 1.42. The average molecular weight is 282 g/mol. The number of benzene rings is 1. The molecule has 0 aliphatic rings. The Morgan fingerprint density at radius 1 is 1.10 bits per heavy atom. The monoisotopic (exact) mass is 282 g/mol. The quantitative estimate of drug-likeness (QED) is 0.464. The Morgan fingerprint density at radius 3 is 1.80 bits per heavy atom. The van der Waals surface area contributed by atoms with E-state index in [4.69, 9.17) is 0 Å². The highest BCUT2D eigenvalue weighted by Gasteiger charge is 2.21. The summed E-state index contributed by atoms with van der Waals surface area (Å²) in [5, 5.41) is 21.3. The lowest BCUT2D eigenvalue weighted by molar-refractivity contribution is -0.394. The molecule has 0 fully saturated rings. The first-order valence-electron chi connectivity index (χ1n) is 6.35. The zero-order chi connectivity index (χ0) is 15.9. The van der Waals surface area contributed by atoms with Crippen LogP contribution in [0.25, 0.3) is 0 Å². The molecule has 0 aliphatic heterocycles. The second-order valence-electron chi connectivity index (χ2n) is 3.93. The van der Waals surface area contributed by atoms with E-state index >= 15 is 0 Å². The minimum Gasteiger partial charge on any atom is -0.294 e. The van der Waals surface area contributed by atoms with Gasteiger partial charge in [0, 0.05) is 23.6 Å². The van der Waals surface area contributed by atoms with E-state index < -0.39 is 21.2 Å². The molecule has 0 amide bonds. The molecular formula is C13H18N2O5. The van der Waals surface area contributed by atoms with E-state index in [-0.39, 0.29) is 17.3 Å². The molecule has 0 spiro atoms. The lowest BCUT2D eigenvalue weighted by Gasteiger charge is -2.06. The van der Waals surface area contributed by atoms with Crippen molar-refractivity contribution in [2.24, 2.45) is 5.92 Å². The summed E-state index contributed by atoms with van der Waals surface area (Å²) < 4.78 is 0. The number of nitrogens with zero attached hydrogens (tertiary/aromatic N) is 2. The van der Waals surface area contributed by atoms with Gasteiger partial charge in [0.1, 0.15) is 0 Å². The smallest absolute Gasteiger partial charge is 0.277 e. The summed E-state index contributed by atoms with van der Waals surface area (Å²) in [7, 11) is 0. The van der Waals surface area contributed by atoms with Crippen molar-refractivity contribution in [3.8, 4) is 0 Å². The van der Waals surface area contributed by atoms with Gasteiger partial charge in [0.2, 0.25) is 0 Å². The van der Waals surface area contributed by atoms with Crippen molar-refractivity contribution in [3.05, 3.63) is 44.0 Å². The molecule has 0 saturated heterocycles. The van der Waals surface area contributed by atoms with Gasteiger partial charge in [-0.05, 0) is 6.42 Å². The molecule has 1 aromatic rings. The summed E-state index contributed by atoms with van der Waals surface area (Å²) >= 11 is 0. The lowest BCUT2D eigenvalue weighted by Crippen LogP contribution is -2.11. The van der Waals surface area contributed by atoms with Gasteiger partial charge in [-0.2, -0.15) is 0 Å². The van der Waals surface area contributed by atoms with Crippen LogP contribution in [0.4, 0.5) is 11.4 Å². The molecule has 1 aromatic carbocycles. The minimum absolute atomic E-state index is 0.00486. The summed E-state index contributed by atoms with van der Waals surface area (Å²) in [6.45, 7) is 7.47. The highest BCUT2D eigenvalue weighted by molar-refractivity contribution is 5.98. The Bertz CT molecular complexity index is 481. The number of nitro benzene ring substituents is 2. The van der Waals surface area contributed by atoms with Gasteiger partial charge < -0.3 is 0 Å². The summed E-state index contributed by atoms with van der Waals surface area (Å²) in [6, 6.07) is 2.98. The molecule has 0 radical (unpaired) electrons. The summed E-state index contributed by atoms with van der Waals surface area (Å²) in [6.07, 6.45) is 0.565. The van der Waals surface area contributed by atoms with Crippen LogP contribution in [-0.4, -0.2) is 15.6 Å². The molecule has 110 valence electrons. The van der Waals surface area contributed by atoms with Gasteiger partial charge in [0.05, 0.1) is 15.9 Å². The number of carbonyl (C=O) groups excluding carboxylic acids is 1. The molecule has 7 nitrogen and oxygen atoms in total. The predicted molar refractivity (Wildman–Crippen MR) is 74.9 cm³/mol. The topological polar surface area (TPSA) is 103 Å². The lowest BCUT2D eigenvalue weighted by atomic mass is 9.96. The van der Waals surface area contributed by atoms with Crippen LogP contribution in [0.1, 0.15) is 44.5 Å². The normalized spacial score (nSPS) is 11.0. The molecule has 0 N–H and O–H groups in total. The van der Waals surface area contributed by atoms with E-state index in [0.29, 0.717) is 6.42 Å². The van der Waals surface area contributed by atoms with E-state index in [9.17, 15) is 25.0 Å². The molecule has 0 bridgehead atoms. The van der Waals surface area contributed by atoms with E-state index in [2.05, 4.69) is 0 Å². The molecule has 0 aliphatic carbocycles. The van der Waals surface area contributed by atoms with E-state index in [0.717, 1.165) is 18.2 Å². The number of hydrogen-bond donors (Lipinski definition) is 0. The van der Waals surface area contributed by atoms with Crippen molar-refractivity contribution in [1.29, 1.82) is 0 Å². The van der Waals surface area contributed by atoms with Gasteiger partial charge >= 0.3 is 0 Å². The van der Waals surface area contributed by atoms with Crippen LogP contribution in [0.5, 0.6) is 0 Å². The Morgan fingerprint density at radius 2 is 1.50 bits per heavy atom. The number of nitro groups is 2. The molecule has 7 heteroatoms. The standard InChI is InChI=1S/C11H12N2O5.C2H6/c1-3-7(2)11(14)8-4-9(12(15)16)6-10(5-8)13(17)18;1-2/h4-7H,3H2,1-2H3;1-2H3. The molecule has 0 aromatic heterocycles. The molecule has 1 rings (SSSR count). The highest BCUT2D eigenvalue weighted by atomic mass is 16.6. The van der Waals surface area contributed by atoms with Crippen molar-refractivity contribution >= 4 is 17.2 Å². The molecule has 0 heterocycles. The van der Waals surface area contributed by atoms with Gasteiger partial charge in [0.15, 0.2) is 5.78 Å². The first-order valence-corrected chi connectivity index (χ1v) is 6.35. The molecular weight excluding hydrogens is 264 g/mol. The van der Waals surface area contributed by atoms with Crippen LogP contribution in [0.15, 0.2) is 18.2 Å². The molecule has 1 unspecified atom stereocenters. The SMILES string of the molecule is CC.CCC(C)C(=O)c1cc([N+](=O)[O-])cc([N+](=O)[O-])c1. The molecule has 0 saturated carbocycles. The van der Waals surface area contributed by atoms with E-state index in [1.54, 1.807) is 13.8 Å². The Balaban J connectivity index is 0.00000172. The zero-order valence-electron chi connectivity index (χ0n) is 12.0. The van der Waals surface area contributed by atoms with Gasteiger partial charge in [-0.3, -0.25) is 25.0 Å². The second-order valence-corrected chi connectivity index (χ2v) is 3.93. The van der Waals surface area contributed by atoms with Gasteiger partial charge in [-0.15, -0.1) is 0 Å².